The fraction of sp³-hybridized carbons (Fsp3) is 0.478. The van der Waals surface area contributed by atoms with E-state index in [0.29, 0.717) is 6.79 Å². The van der Waals surface area contributed by atoms with E-state index in [1.807, 2.05) is 6.07 Å². The lowest BCUT2D eigenvalue weighted by molar-refractivity contribution is 0.174. The van der Waals surface area contributed by atoms with Crippen molar-refractivity contribution in [3.05, 3.63) is 47.5 Å². The van der Waals surface area contributed by atoms with E-state index in [9.17, 15) is 0 Å². The molecule has 0 radical (unpaired) electrons. The van der Waals surface area contributed by atoms with Crippen molar-refractivity contribution in [2.75, 3.05) is 69.0 Å². The molecule has 0 aliphatic carbocycles. The number of nitrogens with zero attached hydrogens (tertiary/aromatic N) is 2. The van der Waals surface area contributed by atoms with Gasteiger partial charge in [-0.15, -0.1) is 0 Å². The highest BCUT2D eigenvalue weighted by atomic mass is 16.7. The number of anilines is 2. The highest BCUT2D eigenvalue weighted by Gasteiger charge is 2.17. The maximum atomic E-state index is 5.37. The van der Waals surface area contributed by atoms with E-state index in [0.717, 1.165) is 63.9 Å². The molecule has 0 aromatic heterocycles. The smallest absolute Gasteiger partial charge is 0.231 e. The number of piperazine rings is 2. The molecule has 0 amide bonds. The second kappa shape index (κ2) is 9.37. The van der Waals surface area contributed by atoms with Crippen molar-refractivity contribution in [2.45, 2.75) is 13.8 Å². The maximum absolute atomic E-state index is 5.37. The Morgan fingerprint density at radius 3 is 1.83 bits per heavy atom. The highest BCUT2D eigenvalue weighted by Crippen LogP contribution is 2.35. The lowest BCUT2D eigenvalue weighted by Crippen LogP contribution is -2.43. The van der Waals surface area contributed by atoms with E-state index >= 15 is 0 Å². The zero-order valence-electron chi connectivity index (χ0n) is 17.5. The summed E-state index contributed by atoms with van der Waals surface area (Å²) in [4.78, 5) is 4.81. The van der Waals surface area contributed by atoms with Gasteiger partial charge in [-0.2, -0.15) is 0 Å². The molecule has 3 aliphatic heterocycles. The molecule has 2 aromatic carbocycles. The summed E-state index contributed by atoms with van der Waals surface area (Å²) < 4.78 is 10.7. The molecule has 5 rings (SSSR count). The summed E-state index contributed by atoms with van der Waals surface area (Å²) in [7, 11) is 0. The van der Waals surface area contributed by atoms with Gasteiger partial charge >= 0.3 is 0 Å². The molecule has 2 aromatic rings. The average molecular weight is 397 g/mol. The molecule has 0 bridgehead atoms. The Morgan fingerprint density at radius 1 is 0.655 bits per heavy atom. The molecule has 0 unspecified atom stereocenters. The number of aryl methyl sites for hydroxylation is 2. The fourth-order valence-corrected chi connectivity index (χ4v) is 3.85. The van der Waals surface area contributed by atoms with E-state index in [-0.39, 0.29) is 0 Å². The van der Waals surface area contributed by atoms with Crippen molar-refractivity contribution in [1.82, 2.24) is 10.6 Å². The summed E-state index contributed by atoms with van der Waals surface area (Å²) in [5.41, 5.74) is 5.36. The van der Waals surface area contributed by atoms with Gasteiger partial charge in [-0.25, -0.2) is 0 Å². The van der Waals surface area contributed by atoms with Crippen LogP contribution in [-0.2, 0) is 0 Å². The van der Waals surface area contributed by atoms with E-state index in [2.05, 4.69) is 64.6 Å². The number of hydrogen-bond acceptors (Lipinski definition) is 6. The largest absolute Gasteiger partial charge is 0.454 e. The molecule has 2 N–H and O–H groups in total. The maximum Gasteiger partial charge on any atom is 0.231 e. The van der Waals surface area contributed by atoms with Crippen molar-refractivity contribution in [3.8, 4) is 11.5 Å². The van der Waals surface area contributed by atoms with Gasteiger partial charge in [-0.1, -0.05) is 6.07 Å². The summed E-state index contributed by atoms with van der Waals surface area (Å²) in [6, 6.07) is 12.9. The Morgan fingerprint density at radius 2 is 1.21 bits per heavy atom. The van der Waals surface area contributed by atoms with Crippen LogP contribution in [0.25, 0.3) is 0 Å². The second-order valence-corrected chi connectivity index (χ2v) is 7.78. The van der Waals surface area contributed by atoms with Crippen LogP contribution >= 0.6 is 0 Å². The molecule has 6 heteroatoms. The van der Waals surface area contributed by atoms with E-state index in [1.54, 1.807) is 0 Å². The molecule has 0 saturated carbocycles. The summed E-state index contributed by atoms with van der Waals surface area (Å²) in [6.45, 7) is 13.4. The molecular formula is C23H32N4O2. The molecule has 0 spiro atoms. The fourth-order valence-electron chi connectivity index (χ4n) is 3.85. The third-order valence-electron chi connectivity index (χ3n) is 5.81. The Kier molecular flexibility index (Phi) is 6.42. The first-order valence-electron chi connectivity index (χ1n) is 10.6. The van der Waals surface area contributed by atoms with Crippen LogP contribution in [0.5, 0.6) is 11.5 Å². The minimum Gasteiger partial charge on any atom is -0.454 e. The molecule has 156 valence electrons. The van der Waals surface area contributed by atoms with Crippen LogP contribution in [0.15, 0.2) is 36.4 Å². The van der Waals surface area contributed by atoms with Gasteiger partial charge in [-0.3, -0.25) is 0 Å². The zero-order valence-corrected chi connectivity index (χ0v) is 17.5. The van der Waals surface area contributed by atoms with E-state index in [4.69, 9.17) is 9.47 Å². The SMILES string of the molecule is Cc1ccc(N2CCNCC2)cc1C.c1cc2c(cc1N1CCNCC1)OCO2. The first-order chi connectivity index (χ1) is 14.2. The van der Waals surface area contributed by atoms with Gasteiger partial charge in [0.15, 0.2) is 11.5 Å². The molecule has 3 aliphatic rings. The first kappa shape index (κ1) is 19.9. The average Bonchev–Trinajstić information content (AvgIpc) is 3.25. The van der Waals surface area contributed by atoms with Crippen molar-refractivity contribution in [2.24, 2.45) is 0 Å². The first-order valence-corrected chi connectivity index (χ1v) is 10.6. The van der Waals surface area contributed by atoms with Gasteiger partial charge in [0.25, 0.3) is 0 Å². The third-order valence-corrected chi connectivity index (χ3v) is 5.81. The highest BCUT2D eigenvalue weighted by molar-refractivity contribution is 5.57. The number of ether oxygens (including phenoxy) is 2. The van der Waals surface area contributed by atoms with Crippen LogP contribution in [-0.4, -0.2) is 59.2 Å². The molecule has 0 atom stereocenters. The summed E-state index contributed by atoms with van der Waals surface area (Å²) in [6.07, 6.45) is 0. The molecule has 3 heterocycles. The number of nitrogens with one attached hydrogen (secondary N) is 2. The number of fused-ring (bicyclic) bond motifs is 1. The second-order valence-electron chi connectivity index (χ2n) is 7.78. The van der Waals surface area contributed by atoms with Crippen molar-refractivity contribution < 1.29 is 9.47 Å². The summed E-state index contributed by atoms with van der Waals surface area (Å²) in [5, 5.41) is 6.71. The van der Waals surface area contributed by atoms with E-state index in [1.165, 1.54) is 22.5 Å². The predicted molar refractivity (Wildman–Crippen MR) is 119 cm³/mol. The van der Waals surface area contributed by atoms with Gasteiger partial charge in [0.2, 0.25) is 6.79 Å². The van der Waals surface area contributed by atoms with Gasteiger partial charge < -0.3 is 29.9 Å². The topological polar surface area (TPSA) is 49.0 Å². The number of rotatable bonds is 2. The Balaban J connectivity index is 0.000000142. The lowest BCUT2D eigenvalue weighted by Gasteiger charge is -2.29. The minimum atomic E-state index is 0.348. The molecule has 29 heavy (non-hydrogen) atoms. The minimum absolute atomic E-state index is 0.348. The van der Waals surface area contributed by atoms with Gasteiger partial charge in [-0.05, 0) is 49.2 Å². The number of benzene rings is 2. The number of hydrogen-bond donors (Lipinski definition) is 2. The Bertz CT molecular complexity index is 815. The van der Waals surface area contributed by atoms with Crippen LogP contribution in [0.2, 0.25) is 0 Å². The normalized spacial score (nSPS) is 18.3. The molecule has 2 saturated heterocycles. The van der Waals surface area contributed by atoms with Crippen molar-refractivity contribution >= 4 is 11.4 Å². The van der Waals surface area contributed by atoms with Crippen molar-refractivity contribution in [3.63, 3.8) is 0 Å². The third kappa shape index (κ3) is 4.95. The zero-order chi connectivity index (χ0) is 20.1. The van der Waals surface area contributed by atoms with Crippen LogP contribution in [0.3, 0.4) is 0 Å². The predicted octanol–water partition coefficient (Wildman–Crippen LogP) is 2.54. The standard InChI is InChI=1S/C12H18N2.C11H14N2O2/c1-10-3-4-12(9-11(10)2)14-7-5-13-6-8-14;1-2-10-11(15-8-14-10)7-9(1)13-5-3-12-4-6-13/h3-4,9,13H,5-8H2,1-2H3;1-2,7,12H,3-6,8H2. The van der Waals surface area contributed by atoms with Gasteiger partial charge in [0.1, 0.15) is 0 Å². The van der Waals surface area contributed by atoms with Crippen LogP contribution in [0.4, 0.5) is 11.4 Å². The molecule has 2 fully saturated rings. The summed E-state index contributed by atoms with van der Waals surface area (Å²) in [5.74, 6) is 1.72. The monoisotopic (exact) mass is 396 g/mol. The van der Waals surface area contributed by atoms with Gasteiger partial charge in [0.05, 0.1) is 0 Å². The molecular weight excluding hydrogens is 364 g/mol. The van der Waals surface area contributed by atoms with E-state index < -0.39 is 0 Å². The molecule has 6 nitrogen and oxygen atoms in total. The summed E-state index contributed by atoms with van der Waals surface area (Å²) >= 11 is 0. The lowest BCUT2D eigenvalue weighted by atomic mass is 10.1. The van der Waals surface area contributed by atoms with Gasteiger partial charge in [0, 0.05) is 69.8 Å². The van der Waals surface area contributed by atoms with Crippen molar-refractivity contribution in [1.29, 1.82) is 0 Å². The quantitative estimate of drug-likeness (QED) is 0.814. The Hall–Kier alpha value is -2.44. The van der Waals surface area contributed by atoms with Crippen LogP contribution < -0.4 is 29.9 Å². The van der Waals surface area contributed by atoms with Crippen LogP contribution in [0, 0.1) is 13.8 Å². The van der Waals surface area contributed by atoms with Crippen LogP contribution in [0.1, 0.15) is 11.1 Å². The Labute approximate surface area is 173 Å².